The number of nitrogens with one attached hydrogen (secondary N) is 2. The highest BCUT2D eigenvalue weighted by atomic mass is 19.1. The number of hydrogen-bond acceptors (Lipinski definition) is 4. The number of amides is 2. The van der Waals surface area contributed by atoms with Crippen LogP contribution in [0.1, 0.15) is 29.5 Å². The number of piperazine rings is 1. The number of halogens is 1. The van der Waals surface area contributed by atoms with Gasteiger partial charge < -0.3 is 15.5 Å². The fraction of sp³-hybridized carbons (Fsp3) is 0.316. The van der Waals surface area contributed by atoms with Gasteiger partial charge in [-0.3, -0.25) is 14.6 Å². The first kappa shape index (κ1) is 16.7. The van der Waals surface area contributed by atoms with E-state index in [9.17, 15) is 14.0 Å². The summed E-state index contributed by atoms with van der Waals surface area (Å²) in [7, 11) is 0. The maximum absolute atomic E-state index is 13.5. The number of carbonyl (C=O) groups excluding carboxylic acids is 2. The molecule has 0 aliphatic carbocycles. The second-order valence-electron chi connectivity index (χ2n) is 6.57. The van der Waals surface area contributed by atoms with E-state index in [4.69, 9.17) is 0 Å². The van der Waals surface area contributed by atoms with E-state index in [1.807, 2.05) is 17.0 Å². The monoisotopic (exact) mass is 354 g/mol. The van der Waals surface area contributed by atoms with Crippen LogP contribution in [0.25, 0.3) is 0 Å². The molecule has 1 fully saturated rings. The van der Waals surface area contributed by atoms with Crippen LogP contribution in [0.5, 0.6) is 0 Å². The van der Waals surface area contributed by atoms with E-state index in [2.05, 4.69) is 15.6 Å². The first-order valence-corrected chi connectivity index (χ1v) is 8.64. The summed E-state index contributed by atoms with van der Waals surface area (Å²) < 4.78 is 13.5. The Balaban J connectivity index is 1.67. The number of benzene rings is 1. The Morgan fingerprint density at radius 2 is 2.19 bits per heavy atom. The van der Waals surface area contributed by atoms with Gasteiger partial charge in [-0.15, -0.1) is 0 Å². The van der Waals surface area contributed by atoms with Crippen molar-refractivity contribution >= 4 is 17.5 Å². The standard InChI is InChI=1S/C19H19FN4O2/c20-13-3-4-14-15(9-18(25)23-16(14)8-13)19(26)24-7-6-22-11-17(24)12-2-1-5-21-10-12/h1-5,8,10,15,17,22H,6-7,9,11H2,(H,23,25). The molecule has 4 rings (SSSR count). The molecule has 0 spiro atoms. The highest BCUT2D eigenvalue weighted by Gasteiger charge is 2.37. The summed E-state index contributed by atoms with van der Waals surface area (Å²) in [6.07, 6.45) is 3.53. The minimum absolute atomic E-state index is 0.0706. The fourth-order valence-electron chi connectivity index (χ4n) is 3.70. The Bertz CT molecular complexity index is 843. The number of carbonyl (C=O) groups is 2. The highest BCUT2D eigenvalue weighted by molar-refractivity contribution is 6.01. The van der Waals surface area contributed by atoms with E-state index in [0.717, 1.165) is 5.56 Å². The van der Waals surface area contributed by atoms with E-state index < -0.39 is 11.7 Å². The lowest BCUT2D eigenvalue weighted by Gasteiger charge is -2.39. The molecule has 1 aromatic heterocycles. The number of pyridine rings is 1. The molecule has 1 saturated heterocycles. The molecule has 2 atom stereocenters. The van der Waals surface area contributed by atoms with Crippen molar-refractivity contribution in [3.63, 3.8) is 0 Å². The van der Waals surface area contributed by atoms with Gasteiger partial charge in [-0.1, -0.05) is 12.1 Å². The van der Waals surface area contributed by atoms with Gasteiger partial charge >= 0.3 is 0 Å². The molecule has 2 N–H and O–H groups in total. The van der Waals surface area contributed by atoms with E-state index in [1.165, 1.54) is 12.1 Å². The summed E-state index contributed by atoms with van der Waals surface area (Å²) in [5.74, 6) is -1.42. The molecular formula is C19H19FN4O2. The van der Waals surface area contributed by atoms with Crippen molar-refractivity contribution in [3.8, 4) is 0 Å². The number of hydrogen-bond donors (Lipinski definition) is 2. The third-order valence-electron chi connectivity index (χ3n) is 4.95. The van der Waals surface area contributed by atoms with Gasteiger partial charge in [0.05, 0.1) is 12.0 Å². The Hall–Kier alpha value is -2.80. The number of rotatable bonds is 2. The second-order valence-corrected chi connectivity index (χ2v) is 6.57. The van der Waals surface area contributed by atoms with Crippen LogP contribution in [-0.2, 0) is 9.59 Å². The molecule has 134 valence electrons. The van der Waals surface area contributed by atoms with Gasteiger partial charge in [0.2, 0.25) is 11.8 Å². The molecule has 2 aromatic rings. The maximum Gasteiger partial charge on any atom is 0.231 e. The number of anilines is 1. The molecule has 1 aromatic carbocycles. The van der Waals surface area contributed by atoms with Crippen molar-refractivity contribution < 1.29 is 14.0 Å². The van der Waals surface area contributed by atoms with Gasteiger partial charge in [0.25, 0.3) is 0 Å². The van der Waals surface area contributed by atoms with Gasteiger partial charge in [0.1, 0.15) is 5.82 Å². The molecular weight excluding hydrogens is 335 g/mol. The third kappa shape index (κ3) is 3.06. The van der Waals surface area contributed by atoms with Crippen molar-refractivity contribution in [1.29, 1.82) is 0 Å². The molecule has 26 heavy (non-hydrogen) atoms. The van der Waals surface area contributed by atoms with Crippen LogP contribution in [-0.4, -0.2) is 41.3 Å². The average Bonchev–Trinajstić information content (AvgIpc) is 2.67. The van der Waals surface area contributed by atoms with Gasteiger partial charge in [0, 0.05) is 44.1 Å². The molecule has 7 heteroatoms. The predicted octanol–water partition coefficient (Wildman–Crippen LogP) is 1.82. The zero-order valence-corrected chi connectivity index (χ0v) is 14.1. The summed E-state index contributed by atoms with van der Waals surface area (Å²) >= 11 is 0. The van der Waals surface area contributed by atoms with Crippen LogP contribution in [0, 0.1) is 5.82 Å². The normalized spacial score (nSPS) is 22.5. The molecule has 0 radical (unpaired) electrons. The maximum atomic E-state index is 13.5. The Kier molecular flexibility index (Phi) is 4.38. The lowest BCUT2D eigenvalue weighted by Crippen LogP contribution is -2.50. The first-order chi connectivity index (χ1) is 12.6. The summed E-state index contributed by atoms with van der Waals surface area (Å²) in [6.45, 7) is 1.87. The van der Waals surface area contributed by atoms with Crippen LogP contribution in [0.2, 0.25) is 0 Å². The summed E-state index contributed by atoms with van der Waals surface area (Å²) in [6, 6.07) is 7.84. The second kappa shape index (κ2) is 6.84. The zero-order valence-electron chi connectivity index (χ0n) is 14.1. The van der Waals surface area contributed by atoms with Gasteiger partial charge in [-0.05, 0) is 29.3 Å². The highest BCUT2D eigenvalue weighted by Crippen LogP contribution is 2.36. The van der Waals surface area contributed by atoms with Crippen molar-refractivity contribution in [2.24, 2.45) is 0 Å². The SMILES string of the molecule is O=C1CC(C(=O)N2CCNCC2c2cccnc2)c2ccc(F)cc2N1. The van der Waals surface area contributed by atoms with E-state index in [-0.39, 0.29) is 24.3 Å². The van der Waals surface area contributed by atoms with Crippen LogP contribution >= 0.6 is 0 Å². The fourth-order valence-corrected chi connectivity index (χ4v) is 3.70. The summed E-state index contributed by atoms with van der Waals surface area (Å²) in [4.78, 5) is 31.4. The number of aromatic nitrogens is 1. The smallest absolute Gasteiger partial charge is 0.231 e. The molecule has 2 aliphatic heterocycles. The van der Waals surface area contributed by atoms with Crippen molar-refractivity contribution in [1.82, 2.24) is 15.2 Å². The Morgan fingerprint density at radius 1 is 1.31 bits per heavy atom. The largest absolute Gasteiger partial charge is 0.332 e. The molecule has 2 unspecified atom stereocenters. The third-order valence-corrected chi connectivity index (χ3v) is 4.95. The minimum Gasteiger partial charge on any atom is -0.332 e. The molecule has 0 saturated carbocycles. The van der Waals surface area contributed by atoms with E-state index >= 15 is 0 Å². The first-order valence-electron chi connectivity index (χ1n) is 8.64. The summed E-state index contributed by atoms with van der Waals surface area (Å²) in [5, 5.41) is 5.97. The van der Waals surface area contributed by atoms with Crippen LogP contribution in [0.15, 0.2) is 42.7 Å². The van der Waals surface area contributed by atoms with Crippen LogP contribution < -0.4 is 10.6 Å². The van der Waals surface area contributed by atoms with Crippen molar-refractivity contribution in [3.05, 3.63) is 59.7 Å². The lowest BCUT2D eigenvalue weighted by molar-refractivity contribution is -0.138. The average molecular weight is 354 g/mol. The quantitative estimate of drug-likeness (QED) is 0.863. The predicted molar refractivity (Wildman–Crippen MR) is 93.9 cm³/mol. The molecule has 2 aliphatic rings. The molecule has 6 nitrogen and oxygen atoms in total. The number of fused-ring (bicyclic) bond motifs is 1. The van der Waals surface area contributed by atoms with Gasteiger partial charge in [-0.2, -0.15) is 0 Å². The van der Waals surface area contributed by atoms with Gasteiger partial charge in [-0.25, -0.2) is 4.39 Å². The minimum atomic E-state index is -0.600. The number of nitrogens with zero attached hydrogens (tertiary/aromatic N) is 2. The van der Waals surface area contributed by atoms with Crippen molar-refractivity contribution in [2.45, 2.75) is 18.4 Å². The van der Waals surface area contributed by atoms with Gasteiger partial charge in [0.15, 0.2) is 0 Å². The van der Waals surface area contributed by atoms with Crippen LogP contribution in [0.4, 0.5) is 10.1 Å². The van der Waals surface area contributed by atoms with Crippen molar-refractivity contribution in [2.75, 3.05) is 25.0 Å². The van der Waals surface area contributed by atoms with Crippen LogP contribution in [0.3, 0.4) is 0 Å². The molecule has 0 bridgehead atoms. The Morgan fingerprint density at radius 3 is 3.00 bits per heavy atom. The summed E-state index contributed by atoms with van der Waals surface area (Å²) in [5.41, 5.74) is 2.00. The van der Waals surface area contributed by atoms with E-state index in [1.54, 1.807) is 18.5 Å². The molecule has 3 heterocycles. The topological polar surface area (TPSA) is 74.3 Å². The Labute approximate surface area is 150 Å². The van der Waals surface area contributed by atoms with E-state index in [0.29, 0.717) is 30.9 Å². The molecule has 2 amide bonds. The zero-order chi connectivity index (χ0) is 18.1. The lowest BCUT2D eigenvalue weighted by atomic mass is 9.88.